The average Bonchev–Trinajstić information content (AvgIpc) is 3.01. The number of carbonyl (C=O) groups is 1. The van der Waals surface area contributed by atoms with Gasteiger partial charge in [0, 0.05) is 32.4 Å². The molecule has 1 fully saturated rings. The van der Waals surface area contributed by atoms with Crippen LogP contribution in [0.25, 0.3) is 11.0 Å². The number of benzene rings is 1. The first-order valence-corrected chi connectivity index (χ1v) is 9.54. The largest absolute Gasteiger partial charge is 0.467 e. The smallest absolute Gasteiger partial charge is 0.422 e. The molecule has 3 heterocycles. The van der Waals surface area contributed by atoms with E-state index in [1.54, 1.807) is 4.90 Å². The molecular weight excluding hydrogens is 399 g/mol. The van der Waals surface area contributed by atoms with Crippen molar-refractivity contribution >= 4 is 22.9 Å². The number of carbonyl (C=O) groups excluding carboxylic acids is 1. The number of imidazole rings is 1. The van der Waals surface area contributed by atoms with Gasteiger partial charge in [0.15, 0.2) is 6.61 Å². The highest BCUT2D eigenvalue weighted by molar-refractivity contribution is 5.96. The van der Waals surface area contributed by atoms with Crippen LogP contribution >= 0.6 is 0 Å². The Bertz CT molecular complexity index is 1000. The van der Waals surface area contributed by atoms with Gasteiger partial charge in [-0.05, 0) is 30.7 Å². The second kappa shape index (κ2) is 8.21. The van der Waals surface area contributed by atoms with Gasteiger partial charge in [-0.1, -0.05) is 12.1 Å². The fraction of sp³-hybridized carbons (Fsp3) is 0.350. The molecule has 1 aromatic carbocycles. The van der Waals surface area contributed by atoms with Gasteiger partial charge in [-0.2, -0.15) is 13.2 Å². The summed E-state index contributed by atoms with van der Waals surface area (Å²) in [6.45, 7) is 0.634. The molecule has 1 aliphatic heterocycles. The number of hydrogen-bond acceptors (Lipinski definition) is 5. The number of aromatic nitrogens is 3. The minimum atomic E-state index is -4.51. The van der Waals surface area contributed by atoms with Gasteiger partial charge in [0.1, 0.15) is 5.56 Å². The molecule has 0 unspecified atom stereocenters. The van der Waals surface area contributed by atoms with E-state index >= 15 is 0 Å². The Morgan fingerprint density at radius 1 is 1.10 bits per heavy atom. The molecular formula is C20H20F3N5O2. The van der Waals surface area contributed by atoms with Crippen LogP contribution in [0, 0.1) is 0 Å². The zero-order chi connectivity index (χ0) is 21.1. The van der Waals surface area contributed by atoms with Crippen LogP contribution in [0.4, 0.5) is 19.1 Å². The van der Waals surface area contributed by atoms with Crippen molar-refractivity contribution in [3.8, 4) is 5.88 Å². The number of anilines is 1. The molecule has 0 spiro atoms. The fourth-order valence-electron chi connectivity index (χ4n) is 3.41. The Morgan fingerprint density at radius 3 is 2.73 bits per heavy atom. The first-order chi connectivity index (χ1) is 14.4. The number of fused-ring (bicyclic) bond motifs is 1. The minimum absolute atomic E-state index is 0.0268. The molecule has 1 saturated heterocycles. The molecule has 10 heteroatoms. The van der Waals surface area contributed by atoms with Gasteiger partial charge in [0.25, 0.3) is 5.91 Å². The summed E-state index contributed by atoms with van der Waals surface area (Å²) >= 11 is 0. The first kappa shape index (κ1) is 20.0. The van der Waals surface area contributed by atoms with Crippen LogP contribution in [0.5, 0.6) is 5.88 Å². The van der Waals surface area contributed by atoms with Gasteiger partial charge in [0.05, 0.1) is 11.0 Å². The SMILES string of the molecule is O=C(c1cccnc1OCC(F)(F)F)N1CCCN(c2nc3ccccc3[nH]2)CC1. The number of aromatic amines is 1. The zero-order valence-electron chi connectivity index (χ0n) is 16.0. The third-order valence-electron chi connectivity index (χ3n) is 4.83. The van der Waals surface area contributed by atoms with E-state index in [1.165, 1.54) is 18.3 Å². The number of amides is 1. The maximum absolute atomic E-state index is 13.0. The number of nitrogens with one attached hydrogen (secondary N) is 1. The van der Waals surface area contributed by atoms with E-state index in [0.717, 1.165) is 17.0 Å². The highest BCUT2D eigenvalue weighted by Crippen LogP contribution is 2.23. The van der Waals surface area contributed by atoms with E-state index in [-0.39, 0.29) is 11.4 Å². The Morgan fingerprint density at radius 2 is 1.93 bits per heavy atom. The van der Waals surface area contributed by atoms with Crippen molar-refractivity contribution in [3.63, 3.8) is 0 Å². The summed E-state index contributed by atoms with van der Waals surface area (Å²) in [5.74, 6) is 0.0334. The molecule has 7 nitrogen and oxygen atoms in total. The second-order valence-corrected chi connectivity index (χ2v) is 6.97. The summed E-state index contributed by atoms with van der Waals surface area (Å²) < 4.78 is 42.3. The van der Waals surface area contributed by atoms with Crippen molar-refractivity contribution in [2.75, 3.05) is 37.7 Å². The van der Waals surface area contributed by atoms with Crippen LogP contribution < -0.4 is 9.64 Å². The maximum Gasteiger partial charge on any atom is 0.422 e. The standard InChI is InChI=1S/C20H20F3N5O2/c21-20(22,23)13-30-17-14(5-3-8-24-17)18(29)27-9-4-10-28(12-11-27)19-25-15-6-1-2-7-16(15)26-19/h1-3,5-8H,4,9-13H2,(H,25,26). The molecule has 1 N–H and O–H groups in total. The van der Waals surface area contributed by atoms with Crippen molar-refractivity contribution in [1.82, 2.24) is 19.9 Å². The Balaban J connectivity index is 1.46. The Labute approximate surface area is 170 Å². The van der Waals surface area contributed by atoms with E-state index in [0.29, 0.717) is 32.6 Å². The third kappa shape index (κ3) is 4.47. The van der Waals surface area contributed by atoms with E-state index in [9.17, 15) is 18.0 Å². The number of para-hydroxylation sites is 2. The molecule has 30 heavy (non-hydrogen) atoms. The summed E-state index contributed by atoms with van der Waals surface area (Å²) in [6, 6.07) is 10.7. The quantitative estimate of drug-likeness (QED) is 0.703. The van der Waals surface area contributed by atoms with Crippen LogP contribution in [0.3, 0.4) is 0 Å². The molecule has 0 atom stereocenters. The van der Waals surface area contributed by atoms with E-state index < -0.39 is 18.7 Å². The molecule has 0 aliphatic carbocycles. The van der Waals surface area contributed by atoms with E-state index in [4.69, 9.17) is 4.74 Å². The number of pyridine rings is 1. The highest BCUT2D eigenvalue weighted by atomic mass is 19.4. The lowest BCUT2D eigenvalue weighted by atomic mass is 10.2. The van der Waals surface area contributed by atoms with Crippen molar-refractivity contribution in [3.05, 3.63) is 48.2 Å². The molecule has 158 valence electrons. The van der Waals surface area contributed by atoms with Gasteiger partial charge in [0.2, 0.25) is 11.8 Å². The van der Waals surface area contributed by atoms with Gasteiger partial charge in [-0.25, -0.2) is 9.97 Å². The molecule has 3 aromatic rings. The van der Waals surface area contributed by atoms with Crippen LogP contribution in [0.2, 0.25) is 0 Å². The third-order valence-corrected chi connectivity index (χ3v) is 4.83. The van der Waals surface area contributed by atoms with Crippen molar-refractivity contribution in [2.45, 2.75) is 12.6 Å². The number of ether oxygens (including phenoxy) is 1. The lowest BCUT2D eigenvalue weighted by Crippen LogP contribution is -2.36. The Hall–Kier alpha value is -3.30. The fourth-order valence-corrected chi connectivity index (χ4v) is 3.41. The predicted octanol–water partition coefficient (Wildman–Crippen LogP) is 3.25. The number of H-pyrrole nitrogens is 1. The summed E-state index contributed by atoms with van der Waals surface area (Å²) in [7, 11) is 0. The molecule has 0 radical (unpaired) electrons. The summed E-state index contributed by atoms with van der Waals surface area (Å²) in [5.41, 5.74) is 1.83. The van der Waals surface area contributed by atoms with Gasteiger partial charge < -0.3 is 19.5 Å². The number of alkyl halides is 3. The zero-order valence-corrected chi connectivity index (χ0v) is 16.0. The van der Waals surface area contributed by atoms with Crippen molar-refractivity contribution < 1.29 is 22.7 Å². The van der Waals surface area contributed by atoms with Crippen LogP contribution in [-0.4, -0.2) is 64.7 Å². The molecule has 1 aliphatic rings. The minimum Gasteiger partial charge on any atom is -0.467 e. The van der Waals surface area contributed by atoms with Crippen molar-refractivity contribution in [1.29, 1.82) is 0 Å². The van der Waals surface area contributed by atoms with Crippen molar-refractivity contribution in [2.24, 2.45) is 0 Å². The van der Waals surface area contributed by atoms with Gasteiger partial charge in [-0.3, -0.25) is 4.79 Å². The molecule has 4 rings (SSSR count). The molecule has 2 aromatic heterocycles. The topological polar surface area (TPSA) is 74.3 Å². The number of hydrogen-bond donors (Lipinski definition) is 1. The normalized spacial score (nSPS) is 15.3. The molecule has 1 amide bonds. The first-order valence-electron chi connectivity index (χ1n) is 9.54. The highest BCUT2D eigenvalue weighted by Gasteiger charge is 2.30. The lowest BCUT2D eigenvalue weighted by Gasteiger charge is -2.22. The summed E-state index contributed by atoms with van der Waals surface area (Å²) in [4.78, 5) is 28.3. The molecule has 0 bridgehead atoms. The molecule has 0 saturated carbocycles. The maximum atomic E-state index is 13.0. The monoisotopic (exact) mass is 419 g/mol. The predicted molar refractivity (Wildman–Crippen MR) is 105 cm³/mol. The number of nitrogens with zero attached hydrogens (tertiary/aromatic N) is 4. The average molecular weight is 419 g/mol. The van der Waals surface area contributed by atoms with Gasteiger partial charge in [-0.15, -0.1) is 0 Å². The number of rotatable bonds is 4. The summed E-state index contributed by atoms with van der Waals surface area (Å²) in [5, 5.41) is 0. The van der Waals surface area contributed by atoms with Crippen LogP contribution in [-0.2, 0) is 0 Å². The Kier molecular flexibility index (Phi) is 5.47. The van der Waals surface area contributed by atoms with Gasteiger partial charge >= 0.3 is 6.18 Å². The lowest BCUT2D eigenvalue weighted by molar-refractivity contribution is -0.154. The van der Waals surface area contributed by atoms with E-state index in [2.05, 4.69) is 19.9 Å². The summed E-state index contributed by atoms with van der Waals surface area (Å²) in [6.07, 6.45) is -2.51. The van der Waals surface area contributed by atoms with Crippen LogP contribution in [0.15, 0.2) is 42.6 Å². The second-order valence-electron chi connectivity index (χ2n) is 6.97. The van der Waals surface area contributed by atoms with E-state index in [1.807, 2.05) is 24.3 Å². The number of halogens is 3. The van der Waals surface area contributed by atoms with Crippen LogP contribution in [0.1, 0.15) is 16.8 Å².